The second kappa shape index (κ2) is 7.99. The van der Waals surface area contributed by atoms with E-state index in [4.69, 9.17) is 23.2 Å². The van der Waals surface area contributed by atoms with Gasteiger partial charge in [-0.1, -0.05) is 53.0 Å². The van der Waals surface area contributed by atoms with E-state index in [-0.39, 0.29) is 16.0 Å². The Labute approximate surface area is 139 Å². The molecule has 0 saturated carbocycles. The van der Waals surface area contributed by atoms with Gasteiger partial charge in [-0.05, 0) is 31.0 Å². The summed E-state index contributed by atoms with van der Waals surface area (Å²) < 4.78 is 27.0. The van der Waals surface area contributed by atoms with Gasteiger partial charge in [0.25, 0.3) is 0 Å². The molecule has 0 unspecified atom stereocenters. The molecule has 0 fully saturated rings. The number of rotatable bonds is 7. The predicted molar refractivity (Wildman–Crippen MR) is 88.5 cm³/mol. The molecule has 0 N–H and O–H groups in total. The Morgan fingerprint density at radius 2 is 1.80 bits per heavy atom. The number of nitrogens with zero attached hydrogens (tertiary/aromatic N) is 1. The van der Waals surface area contributed by atoms with Crippen LogP contribution < -0.4 is 0 Å². The largest absolute Gasteiger partial charge is 0.243 e. The minimum absolute atomic E-state index is 0.0213. The molecule has 0 aromatic heterocycles. The van der Waals surface area contributed by atoms with Gasteiger partial charge in [-0.3, -0.25) is 0 Å². The fourth-order valence-corrected chi connectivity index (χ4v) is 4.83. The molecule has 1 aromatic carbocycles. The standard InChI is InChI=1S/C13H18BrCl2NO2S/c1-3-10(4-2)17(8-7-14)20(18,19)11-5-6-12(15)13(16)9-11/h5-6,9-10H,3-4,7-8H2,1-2H3. The predicted octanol–water partition coefficient (Wildman–Crippen LogP) is 4.57. The van der Waals surface area contributed by atoms with E-state index in [1.54, 1.807) is 0 Å². The molecule has 0 saturated heterocycles. The van der Waals surface area contributed by atoms with Crippen LogP contribution in [0.5, 0.6) is 0 Å². The molecule has 0 aliphatic rings. The van der Waals surface area contributed by atoms with E-state index in [9.17, 15) is 8.42 Å². The number of halogens is 3. The number of alkyl halides is 1. The average molecular weight is 403 g/mol. The van der Waals surface area contributed by atoms with Crippen molar-refractivity contribution in [2.75, 3.05) is 11.9 Å². The highest BCUT2D eigenvalue weighted by Crippen LogP contribution is 2.28. The lowest BCUT2D eigenvalue weighted by molar-refractivity contribution is 0.317. The first kappa shape index (κ1) is 18.2. The van der Waals surface area contributed by atoms with Gasteiger partial charge < -0.3 is 0 Å². The summed E-state index contributed by atoms with van der Waals surface area (Å²) in [6, 6.07) is 4.39. The van der Waals surface area contributed by atoms with Gasteiger partial charge in [0, 0.05) is 17.9 Å². The van der Waals surface area contributed by atoms with Crippen LogP contribution >= 0.6 is 39.1 Å². The highest BCUT2D eigenvalue weighted by atomic mass is 79.9. The van der Waals surface area contributed by atoms with Crippen LogP contribution in [0.3, 0.4) is 0 Å². The Balaban J connectivity index is 3.24. The van der Waals surface area contributed by atoms with E-state index in [1.165, 1.54) is 22.5 Å². The number of hydrogen-bond donors (Lipinski definition) is 0. The summed E-state index contributed by atoms with van der Waals surface area (Å²) in [5.74, 6) is 0. The van der Waals surface area contributed by atoms with Gasteiger partial charge in [0.1, 0.15) is 0 Å². The summed E-state index contributed by atoms with van der Waals surface area (Å²) >= 11 is 15.1. The van der Waals surface area contributed by atoms with Crippen LogP contribution in [0.4, 0.5) is 0 Å². The molecule has 0 bridgehead atoms. The van der Waals surface area contributed by atoms with E-state index >= 15 is 0 Å². The van der Waals surface area contributed by atoms with Crippen molar-refractivity contribution < 1.29 is 8.42 Å². The van der Waals surface area contributed by atoms with Crippen LogP contribution in [0.1, 0.15) is 26.7 Å². The van der Waals surface area contributed by atoms with Gasteiger partial charge >= 0.3 is 0 Å². The monoisotopic (exact) mass is 401 g/mol. The van der Waals surface area contributed by atoms with Crippen molar-refractivity contribution in [3.63, 3.8) is 0 Å². The average Bonchev–Trinajstić information content (AvgIpc) is 2.42. The van der Waals surface area contributed by atoms with E-state index in [2.05, 4.69) is 15.9 Å². The van der Waals surface area contributed by atoms with Crippen molar-refractivity contribution in [1.29, 1.82) is 0 Å². The lowest BCUT2D eigenvalue weighted by Crippen LogP contribution is -2.40. The van der Waals surface area contributed by atoms with Crippen molar-refractivity contribution in [3.8, 4) is 0 Å². The van der Waals surface area contributed by atoms with Crippen LogP contribution in [0.2, 0.25) is 10.0 Å². The maximum absolute atomic E-state index is 12.7. The third kappa shape index (κ3) is 4.10. The van der Waals surface area contributed by atoms with Crippen LogP contribution in [0.25, 0.3) is 0 Å². The molecule has 3 nitrogen and oxygen atoms in total. The topological polar surface area (TPSA) is 37.4 Å². The molecule has 0 radical (unpaired) electrons. The molecule has 0 spiro atoms. The lowest BCUT2D eigenvalue weighted by Gasteiger charge is -2.29. The quantitative estimate of drug-likeness (QED) is 0.626. The molecular formula is C13H18BrCl2NO2S. The molecule has 114 valence electrons. The smallest absolute Gasteiger partial charge is 0.207 e. The molecule has 0 amide bonds. The first-order chi connectivity index (χ1) is 9.38. The Kier molecular flexibility index (Phi) is 7.29. The van der Waals surface area contributed by atoms with Crippen molar-refractivity contribution >= 4 is 49.2 Å². The minimum atomic E-state index is -3.57. The third-order valence-corrected chi connectivity index (χ3v) is 6.19. The molecule has 20 heavy (non-hydrogen) atoms. The maximum atomic E-state index is 12.7. The first-order valence-corrected chi connectivity index (χ1v) is 9.73. The summed E-state index contributed by atoms with van der Waals surface area (Å²) in [7, 11) is -3.57. The SMILES string of the molecule is CCC(CC)N(CCBr)S(=O)(=O)c1ccc(Cl)c(Cl)c1. The van der Waals surface area contributed by atoms with Gasteiger partial charge in [-0.2, -0.15) is 4.31 Å². The molecule has 0 aliphatic heterocycles. The number of sulfonamides is 1. The van der Waals surface area contributed by atoms with Gasteiger partial charge in [-0.15, -0.1) is 0 Å². The fraction of sp³-hybridized carbons (Fsp3) is 0.538. The normalized spacial score (nSPS) is 12.3. The van der Waals surface area contributed by atoms with Gasteiger partial charge in [0.2, 0.25) is 10.0 Å². The van der Waals surface area contributed by atoms with Crippen molar-refractivity contribution in [2.24, 2.45) is 0 Å². The molecule has 1 rings (SSSR count). The second-order valence-electron chi connectivity index (χ2n) is 4.35. The van der Waals surface area contributed by atoms with Crippen LogP contribution in [0, 0.1) is 0 Å². The highest BCUT2D eigenvalue weighted by Gasteiger charge is 2.29. The van der Waals surface area contributed by atoms with Gasteiger partial charge in [0.05, 0.1) is 14.9 Å². The first-order valence-electron chi connectivity index (χ1n) is 6.41. The Hall–Kier alpha value is 0.190. The minimum Gasteiger partial charge on any atom is -0.207 e. The van der Waals surface area contributed by atoms with E-state index in [1.807, 2.05) is 13.8 Å². The molecule has 0 aliphatic carbocycles. The molecule has 0 atom stereocenters. The number of benzene rings is 1. The van der Waals surface area contributed by atoms with Crippen molar-refractivity contribution in [2.45, 2.75) is 37.6 Å². The second-order valence-corrected chi connectivity index (χ2v) is 7.85. The van der Waals surface area contributed by atoms with Gasteiger partial charge in [-0.25, -0.2) is 8.42 Å². The zero-order chi connectivity index (χ0) is 15.3. The lowest BCUT2D eigenvalue weighted by atomic mass is 10.2. The van der Waals surface area contributed by atoms with E-state index < -0.39 is 10.0 Å². The van der Waals surface area contributed by atoms with Crippen LogP contribution in [-0.2, 0) is 10.0 Å². The van der Waals surface area contributed by atoms with Crippen molar-refractivity contribution in [1.82, 2.24) is 4.31 Å². The zero-order valence-corrected chi connectivity index (χ0v) is 15.4. The Bertz CT molecular complexity index is 547. The zero-order valence-electron chi connectivity index (χ0n) is 11.4. The Morgan fingerprint density at radius 3 is 2.25 bits per heavy atom. The molecule has 0 heterocycles. The van der Waals surface area contributed by atoms with Crippen LogP contribution in [0.15, 0.2) is 23.1 Å². The van der Waals surface area contributed by atoms with Crippen LogP contribution in [-0.4, -0.2) is 30.6 Å². The van der Waals surface area contributed by atoms with E-state index in [0.717, 1.165) is 12.8 Å². The third-order valence-electron chi connectivity index (χ3n) is 3.15. The summed E-state index contributed by atoms with van der Waals surface area (Å²) in [6.45, 7) is 4.40. The summed E-state index contributed by atoms with van der Waals surface area (Å²) in [5.41, 5.74) is 0. The van der Waals surface area contributed by atoms with E-state index in [0.29, 0.717) is 16.9 Å². The highest BCUT2D eigenvalue weighted by molar-refractivity contribution is 9.09. The maximum Gasteiger partial charge on any atom is 0.243 e. The molecular weight excluding hydrogens is 385 g/mol. The summed E-state index contributed by atoms with van der Waals surface area (Å²) in [4.78, 5) is 0.180. The van der Waals surface area contributed by atoms with Crippen molar-refractivity contribution in [3.05, 3.63) is 28.2 Å². The summed E-state index contributed by atoms with van der Waals surface area (Å²) in [6.07, 6.45) is 1.54. The van der Waals surface area contributed by atoms with Gasteiger partial charge in [0.15, 0.2) is 0 Å². The summed E-state index contributed by atoms with van der Waals surface area (Å²) in [5, 5.41) is 1.18. The molecule has 1 aromatic rings. The number of hydrogen-bond acceptors (Lipinski definition) is 2. The Morgan fingerprint density at radius 1 is 1.20 bits per heavy atom. The fourth-order valence-electron chi connectivity index (χ4n) is 2.05. The molecule has 7 heteroatoms.